The molecule has 0 aliphatic carbocycles. The van der Waals surface area contributed by atoms with E-state index < -0.39 is 5.54 Å². The summed E-state index contributed by atoms with van der Waals surface area (Å²) >= 11 is 0. The fraction of sp³-hybridized carbons (Fsp3) is 0.391. The zero-order valence-electron chi connectivity index (χ0n) is 16.6. The molecular weight excluding hydrogens is 364 g/mol. The van der Waals surface area contributed by atoms with Gasteiger partial charge in [-0.2, -0.15) is 0 Å². The minimum Gasteiger partial charge on any atom is -0.354 e. The zero-order valence-corrected chi connectivity index (χ0v) is 16.6. The lowest BCUT2D eigenvalue weighted by molar-refractivity contribution is -0.136. The first-order valence-corrected chi connectivity index (χ1v) is 10.3. The first-order valence-electron chi connectivity index (χ1n) is 10.3. The number of rotatable bonds is 6. The molecule has 1 spiro atoms. The van der Waals surface area contributed by atoms with Crippen molar-refractivity contribution in [2.45, 2.75) is 24.8 Å². The summed E-state index contributed by atoms with van der Waals surface area (Å²) in [7, 11) is 0. The smallest absolute Gasteiger partial charge is 0.250 e. The minimum atomic E-state index is -0.545. The van der Waals surface area contributed by atoms with Crippen molar-refractivity contribution in [2.24, 2.45) is 0 Å². The van der Waals surface area contributed by atoms with Gasteiger partial charge in [-0.05, 0) is 50.0 Å². The van der Waals surface area contributed by atoms with Crippen LogP contribution in [-0.2, 0) is 16.0 Å². The average Bonchev–Trinajstić information content (AvgIpc) is 3.01. The summed E-state index contributed by atoms with van der Waals surface area (Å²) in [5, 5.41) is 6.31. The molecule has 2 heterocycles. The monoisotopic (exact) mass is 392 g/mol. The average molecular weight is 393 g/mol. The van der Waals surface area contributed by atoms with Gasteiger partial charge in [0.25, 0.3) is 0 Å². The van der Waals surface area contributed by atoms with Gasteiger partial charge >= 0.3 is 0 Å². The van der Waals surface area contributed by atoms with Crippen LogP contribution in [-0.4, -0.2) is 55.1 Å². The number of carbonyl (C=O) groups is 2. The highest BCUT2D eigenvalue weighted by atomic mass is 16.2. The van der Waals surface area contributed by atoms with Gasteiger partial charge < -0.3 is 20.4 Å². The van der Waals surface area contributed by atoms with Gasteiger partial charge in [0.1, 0.15) is 12.1 Å². The highest BCUT2D eigenvalue weighted by molar-refractivity contribution is 5.96. The molecule has 0 bridgehead atoms. The topological polar surface area (TPSA) is 64.7 Å². The molecule has 2 amide bonds. The molecule has 2 aliphatic rings. The number of para-hydroxylation sites is 1. The molecule has 0 aromatic heterocycles. The number of carbonyl (C=O) groups excluding carboxylic acids is 2. The molecule has 152 valence electrons. The molecule has 0 saturated carbocycles. The van der Waals surface area contributed by atoms with E-state index in [4.69, 9.17) is 0 Å². The molecule has 0 atom stereocenters. The number of nitrogens with one attached hydrogen (secondary N) is 2. The van der Waals surface area contributed by atoms with Crippen molar-refractivity contribution in [3.05, 3.63) is 66.2 Å². The summed E-state index contributed by atoms with van der Waals surface area (Å²) in [5.41, 5.74) is 1.68. The maximum absolute atomic E-state index is 13.4. The van der Waals surface area contributed by atoms with Gasteiger partial charge in [0.05, 0.1) is 6.67 Å². The van der Waals surface area contributed by atoms with Crippen LogP contribution in [0.15, 0.2) is 60.7 Å². The van der Waals surface area contributed by atoms with Crippen LogP contribution in [0.3, 0.4) is 0 Å². The summed E-state index contributed by atoms with van der Waals surface area (Å²) in [6, 6.07) is 20.1. The number of piperidine rings is 1. The Hall–Kier alpha value is -2.86. The molecule has 6 nitrogen and oxygen atoms in total. The Bertz CT molecular complexity index is 834. The predicted molar refractivity (Wildman–Crippen MR) is 113 cm³/mol. The maximum atomic E-state index is 13.4. The zero-order chi connectivity index (χ0) is 20.1. The van der Waals surface area contributed by atoms with Crippen molar-refractivity contribution in [1.29, 1.82) is 0 Å². The highest BCUT2D eigenvalue weighted by Crippen LogP contribution is 2.37. The van der Waals surface area contributed by atoms with Gasteiger partial charge in [0, 0.05) is 12.2 Å². The fourth-order valence-electron chi connectivity index (χ4n) is 4.38. The summed E-state index contributed by atoms with van der Waals surface area (Å²) in [4.78, 5) is 29.8. The van der Waals surface area contributed by atoms with Crippen LogP contribution in [0.4, 0.5) is 5.69 Å². The molecule has 4 rings (SSSR count). The Labute approximate surface area is 171 Å². The first kappa shape index (κ1) is 19.5. The summed E-state index contributed by atoms with van der Waals surface area (Å²) in [6.07, 6.45) is 2.30. The Kier molecular flexibility index (Phi) is 5.81. The quantitative estimate of drug-likeness (QED) is 0.787. The molecule has 2 fully saturated rings. The third-order valence-electron chi connectivity index (χ3n) is 5.93. The van der Waals surface area contributed by atoms with Crippen LogP contribution in [0.1, 0.15) is 18.4 Å². The number of nitrogens with zero attached hydrogens (tertiary/aromatic N) is 2. The lowest BCUT2D eigenvalue weighted by Gasteiger charge is -2.40. The molecule has 2 aromatic carbocycles. The van der Waals surface area contributed by atoms with E-state index in [1.165, 1.54) is 5.56 Å². The van der Waals surface area contributed by atoms with E-state index in [-0.39, 0.29) is 18.4 Å². The molecule has 2 saturated heterocycles. The van der Waals surface area contributed by atoms with Gasteiger partial charge in [-0.25, -0.2) is 0 Å². The molecule has 0 radical (unpaired) electrons. The van der Waals surface area contributed by atoms with E-state index in [2.05, 4.69) is 27.7 Å². The van der Waals surface area contributed by atoms with Crippen LogP contribution in [0, 0.1) is 0 Å². The molecule has 2 aromatic rings. The van der Waals surface area contributed by atoms with Gasteiger partial charge in [0.15, 0.2) is 0 Å². The van der Waals surface area contributed by atoms with E-state index in [0.717, 1.165) is 38.0 Å². The molecule has 2 N–H and O–H groups in total. The molecule has 6 heteroatoms. The van der Waals surface area contributed by atoms with Crippen molar-refractivity contribution in [1.82, 2.24) is 15.5 Å². The largest absolute Gasteiger partial charge is 0.354 e. The normalized spacial score (nSPS) is 18.3. The Morgan fingerprint density at radius 1 is 1.00 bits per heavy atom. The SMILES string of the molecule is O=C(CN1CN(c2ccccc2)C2(CCNCC2)C1=O)NCCc1ccccc1. The first-order chi connectivity index (χ1) is 14.2. The van der Waals surface area contributed by atoms with E-state index in [1.54, 1.807) is 4.90 Å². The third kappa shape index (κ3) is 4.12. The number of hydrogen-bond acceptors (Lipinski definition) is 4. The summed E-state index contributed by atoms with van der Waals surface area (Å²) in [6.45, 7) is 2.75. The Morgan fingerprint density at radius 2 is 1.66 bits per heavy atom. The van der Waals surface area contributed by atoms with Crippen LogP contribution < -0.4 is 15.5 Å². The molecule has 0 unspecified atom stereocenters. The summed E-state index contributed by atoms with van der Waals surface area (Å²) < 4.78 is 0. The number of anilines is 1. The second-order valence-corrected chi connectivity index (χ2v) is 7.78. The number of benzene rings is 2. The van der Waals surface area contributed by atoms with E-state index in [0.29, 0.717) is 13.2 Å². The van der Waals surface area contributed by atoms with Crippen LogP contribution in [0.5, 0.6) is 0 Å². The van der Waals surface area contributed by atoms with Gasteiger partial charge in [-0.15, -0.1) is 0 Å². The van der Waals surface area contributed by atoms with Crippen molar-refractivity contribution >= 4 is 17.5 Å². The summed E-state index contributed by atoms with van der Waals surface area (Å²) in [5.74, 6) is -0.0330. The van der Waals surface area contributed by atoms with Crippen LogP contribution in [0.25, 0.3) is 0 Å². The van der Waals surface area contributed by atoms with E-state index >= 15 is 0 Å². The maximum Gasteiger partial charge on any atom is 0.250 e. The predicted octanol–water partition coefficient (Wildman–Crippen LogP) is 1.77. The minimum absolute atomic E-state index is 0.0704. The number of amides is 2. The van der Waals surface area contributed by atoms with Gasteiger partial charge in [0.2, 0.25) is 11.8 Å². The van der Waals surface area contributed by atoms with Crippen molar-refractivity contribution in [2.75, 3.05) is 37.7 Å². The lowest BCUT2D eigenvalue weighted by atomic mass is 9.86. The fourth-order valence-corrected chi connectivity index (χ4v) is 4.38. The third-order valence-corrected chi connectivity index (χ3v) is 5.93. The van der Waals surface area contributed by atoms with E-state index in [1.807, 2.05) is 48.5 Å². The lowest BCUT2D eigenvalue weighted by Crippen LogP contribution is -2.55. The van der Waals surface area contributed by atoms with Crippen molar-refractivity contribution in [3.8, 4) is 0 Å². The second-order valence-electron chi connectivity index (χ2n) is 7.78. The van der Waals surface area contributed by atoms with Crippen LogP contribution >= 0.6 is 0 Å². The Morgan fingerprint density at radius 3 is 2.34 bits per heavy atom. The van der Waals surface area contributed by atoms with Crippen molar-refractivity contribution < 1.29 is 9.59 Å². The van der Waals surface area contributed by atoms with Crippen molar-refractivity contribution in [3.63, 3.8) is 0 Å². The highest BCUT2D eigenvalue weighted by Gasteiger charge is 2.52. The van der Waals surface area contributed by atoms with Crippen LogP contribution in [0.2, 0.25) is 0 Å². The number of hydrogen-bond donors (Lipinski definition) is 2. The Balaban J connectivity index is 1.41. The standard InChI is InChI=1S/C23H28N4O2/c28-21(25-14-11-19-7-3-1-4-8-19)17-26-18-27(20-9-5-2-6-10-20)23(22(26)29)12-15-24-16-13-23/h1-10,24H,11-18H2,(H,25,28). The molecule has 2 aliphatic heterocycles. The van der Waals surface area contributed by atoms with Gasteiger partial charge in [-0.1, -0.05) is 48.5 Å². The van der Waals surface area contributed by atoms with E-state index in [9.17, 15) is 9.59 Å². The van der Waals surface area contributed by atoms with Gasteiger partial charge in [-0.3, -0.25) is 9.59 Å². The second kappa shape index (κ2) is 8.66. The molecule has 29 heavy (non-hydrogen) atoms. The molecular formula is C23H28N4O2.